The number of benzene rings is 1. The molecule has 23 heavy (non-hydrogen) atoms. The number of halogens is 3. The van der Waals surface area contributed by atoms with Crippen LogP contribution in [0.4, 0.5) is 13.2 Å². The van der Waals surface area contributed by atoms with Crippen LogP contribution in [0.5, 0.6) is 0 Å². The minimum atomic E-state index is -4.50. The van der Waals surface area contributed by atoms with Crippen molar-refractivity contribution in [3.05, 3.63) is 65.5 Å². The van der Waals surface area contributed by atoms with Gasteiger partial charge in [-0.15, -0.1) is 0 Å². The zero-order chi connectivity index (χ0) is 16.9. The summed E-state index contributed by atoms with van der Waals surface area (Å²) >= 11 is 0. The lowest BCUT2D eigenvalue weighted by molar-refractivity contribution is -0.141. The number of pyridine rings is 1. The second kappa shape index (κ2) is 7.26. The fourth-order valence-electron chi connectivity index (χ4n) is 2.10. The number of nitrogens with one attached hydrogen (secondary N) is 1. The van der Waals surface area contributed by atoms with Gasteiger partial charge in [0.25, 0.3) is 5.91 Å². The van der Waals surface area contributed by atoms with Gasteiger partial charge in [-0.25, -0.2) is 0 Å². The van der Waals surface area contributed by atoms with Crippen molar-refractivity contribution in [3.8, 4) is 0 Å². The number of alkyl halides is 3. The van der Waals surface area contributed by atoms with Crippen molar-refractivity contribution in [3.63, 3.8) is 0 Å². The SMILES string of the molecule is CC(CCc1ccccc1)NC(=O)c1ccc(C(F)(F)F)nc1. The summed E-state index contributed by atoms with van der Waals surface area (Å²) in [6, 6.07) is 11.7. The van der Waals surface area contributed by atoms with Gasteiger partial charge in [0.05, 0.1) is 5.56 Å². The number of nitrogens with zero attached hydrogens (tertiary/aromatic N) is 1. The van der Waals surface area contributed by atoms with Crippen molar-refractivity contribution in [2.45, 2.75) is 32.0 Å². The summed E-state index contributed by atoms with van der Waals surface area (Å²) < 4.78 is 37.3. The van der Waals surface area contributed by atoms with E-state index in [-0.39, 0.29) is 11.6 Å². The van der Waals surface area contributed by atoms with Crippen molar-refractivity contribution in [1.82, 2.24) is 10.3 Å². The third-order valence-corrected chi connectivity index (χ3v) is 3.40. The normalized spacial score (nSPS) is 12.7. The first-order chi connectivity index (χ1) is 10.9. The van der Waals surface area contributed by atoms with E-state index in [4.69, 9.17) is 0 Å². The summed E-state index contributed by atoms with van der Waals surface area (Å²) in [5.74, 6) is -0.424. The van der Waals surface area contributed by atoms with Gasteiger partial charge in [0.2, 0.25) is 0 Å². The molecule has 2 rings (SSSR count). The van der Waals surface area contributed by atoms with E-state index in [1.54, 1.807) is 0 Å². The smallest absolute Gasteiger partial charge is 0.350 e. The molecule has 1 heterocycles. The molecule has 3 nitrogen and oxygen atoms in total. The highest BCUT2D eigenvalue weighted by molar-refractivity contribution is 5.94. The minimum Gasteiger partial charge on any atom is -0.350 e. The number of hydrogen-bond donors (Lipinski definition) is 1. The predicted molar refractivity (Wildman–Crippen MR) is 80.9 cm³/mol. The van der Waals surface area contributed by atoms with Crippen LogP contribution >= 0.6 is 0 Å². The van der Waals surface area contributed by atoms with Gasteiger partial charge in [-0.05, 0) is 37.5 Å². The number of amides is 1. The topological polar surface area (TPSA) is 42.0 Å². The Morgan fingerprint density at radius 2 is 1.87 bits per heavy atom. The minimum absolute atomic E-state index is 0.0926. The number of aryl methyl sites for hydroxylation is 1. The van der Waals surface area contributed by atoms with Crippen LogP contribution in [-0.4, -0.2) is 16.9 Å². The Balaban J connectivity index is 1.88. The van der Waals surface area contributed by atoms with Gasteiger partial charge in [0.1, 0.15) is 5.69 Å². The van der Waals surface area contributed by atoms with Gasteiger partial charge in [0.15, 0.2) is 0 Å². The Labute approximate surface area is 132 Å². The fraction of sp³-hybridized carbons (Fsp3) is 0.294. The highest BCUT2D eigenvalue weighted by atomic mass is 19.4. The van der Waals surface area contributed by atoms with E-state index in [1.807, 2.05) is 37.3 Å². The first-order valence-corrected chi connectivity index (χ1v) is 7.24. The van der Waals surface area contributed by atoms with Crippen molar-refractivity contribution >= 4 is 5.91 Å². The molecule has 0 saturated carbocycles. The van der Waals surface area contributed by atoms with Crippen LogP contribution in [0.15, 0.2) is 48.7 Å². The lowest BCUT2D eigenvalue weighted by Crippen LogP contribution is -2.33. The van der Waals surface area contributed by atoms with Gasteiger partial charge in [-0.1, -0.05) is 30.3 Å². The number of hydrogen-bond acceptors (Lipinski definition) is 2. The molecule has 0 aliphatic carbocycles. The van der Waals surface area contributed by atoms with Gasteiger partial charge < -0.3 is 5.32 Å². The largest absolute Gasteiger partial charge is 0.433 e. The first-order valence-electron chi connectivity index (χ1n) is 7.24. The van der Waals surface area contributed by atoms with Crippen LogP contribution in [0.25, 0.3) is 0 Å². The maximum absolute atomic E-state index is 12.4. The average Bonchev–Trinajstić information content (AvgIpc) is 2.53. The van der Waals surface area contributed by atoms with Crippen molar-refractivity contribution in [2.75, 3.05) is 0 Å². The molecule has 1 N–H and O–H groups in total. The molecule has 122 valence electrons. The lowest BCUT2D eigenvalue weighted by atomic mass is 10.1. The highest BCUT2D eigenvalue weighted by Gasteiger charge is 2.32. The molecule has 1 unspecified atom stereocenters. The Kier molecular flexibility index (Phi) is 5.36. The third-order valence-electron chi connectivity index (χ3n) is 3.40. The lowest BCUT2D eigenvalue weighted by Gasteiger charge is -2.14. The molecule has 0 aliphatic heterocycles. The second-order valence-electron chi connectivity index (χ2n) is 5.33. The molecule has 0 fully saturated rings. The van der Waals surface area contributed by atoms with E-state index in [2.05, 4.69) is 10.3 Å². The van der Waals surface area contributed by atoms with Gasteiger partial charge in [-0.2, -0.15) is 13.2 Å². The molecule has 0 spiro atoms. The maximum atomic E-state index is 12.4. The van der Waals surface area contributed by atoms with Gasteiger partial charge in [0, 0.05) is 12.2 Å². The molecule has 1 atom stereocenters. The summed E-state index contributed by atoms with van der Waals surface area (Å²) in [6.45, 7) is 1.86. The number of carbonyl (C=O) groups excluding carboxylic acids is 1. The zero-order valence-corrected chi connectivity index (χ0v) is 12.6. The Bertz CT molecular complexity index is 639. The highest BCUT2D eigenvalue weighted by Crippen LogP contribution is 2.27. The maximum Gasteiger partial charge on any atom is 0.433 e. The summed E-state index contributed by atoms with van der Waals surface area (Å²) in [4.78, 5) is 15.3. The van der Waals surface area contributed by atoms with Crippen LogP contribution in [0, 0.1) is 0 Å². The summed E-state index contributed by atoms with van der Waals surface area (Å²) in [5.41, 5.74) is 0.278. The van der Waals surface area contributed by atoms with E-state index >= 15 is 0 Å². The van der Waals surface area contributed by atoms with E-state index in [9.17, 15) is 18.0 Å². The third kappa shape index (κ3) is 5.09. The molecule has 1 amide bonds. The molecule has 6 heteroatoms. The molecule has 1 aromatic heterocycles. The first kappa shape index (κ1) is 17.0. The monoisotopic (exact) mass is 322 g/mol. The molecular formula is C17H17F3N2O. The zero-order valence-electron chi connectivity index (χ0n) is 12.6. The van der Waals surface area contributed by atoms with Gasteiger partial charge in [-0.3, -0.25) is 9.78 Å². The molecule has 0 aliphatic rings. The number of carbonyl (C=O) groups is 1. The van der Waals surface area contributed by atoms with E-state index in [0.717, 1.165) is 31.2 Å². The molecular weight excluding hydrogens is 305 g/mol. The molecule has 0 bridgehead atoms. The second-order valence-corrected chi connectivity index (χ2v) is 5.33. The van der Waals surface area contributed by atoms with Crippen molar-refractivity contribution in [2.24, 2.45) is 0 Å². The van der Waals surface area contributed by atoms with Gasteiger partial charge >= 0.3 is 6.18 Å². The van der Waals surface area contributed by atoms with Crippen LogP contribution in [-0.2, 0) is 12.6 Å². The Morgan fingerprint density at radius 3 is 2.43 bits per heavy atom. The summed E-state index contributed by atoms with van der Waals surface area (Å²) in [7, 11) is 0. The summed E-state index contributed by atoms with van der Waals surface area (Å²) in [6.07, 6.45) is -2.00. The number of aromatic nitrogens is 1. The fourth-order valence-corrected chi connectivity index (χ4v) is 2.10. The molecule has 0 saturated heterocycles. The van der Waals surface area contributed by atoms with Crippen molar-refractivity contribution < 1.29 is 18.0 Å². The Hall–Kier alpha value is -2.37. The molecule has 1 aromatic carbocycles. The standard InChI is InChI=1S/C17H17F3N2O/c1-12(7-8-13-5-3-2-4-6-13)22-16(23)14-9-10-15(21-11-14)17(18,19)20/h2-6,9-12H,7-8H2,1H3,(H,22,23). The van der Waals surface area contributed by atoms with E-state index in [1.165, 1.54) is 5.56 Å². The van der Waals surface area contributed by atoms with E-state index in [0.29, 0.717) is 0 Å². The van der Waals surface area contributed by atoms with Crippen LogP contribution in [0.3, 0.4) is 0 Å². The Morgan fingerprint density at radius 1 is 1.17 bits per heavy atom. The average molecular weight is 322 g/mol. The van der Waals surface area contributed by atoms with E-state index < -0.39 is 17.8 Å². The molecule has 2 aromatic rings. The summed E-state index contributed by atoms with van der Waals surface area (Å²) in [5, 5.41) is 2.76. The van der Waals surface area contributed by atoms with Crippen LogP contribution in [0.2, 0.25) is 0 Å². The quantitative estimate of drug-likeness (QED) is 0.908. The molecule has 0 radical (unpaired) electrons. The van der Waals surface area contributed by atoms with Crippen molar-refractivity contribution in [1.29, 1.82) is 0 Å². The van der Waals surface area contributed by atoms with Crippen LogP contribution < -0.4 is 5.32 Å². The predicted octanol–water partition coefficient (Wildman–Crippen LogP) is 3.85. The van der Waals surface area contributed by atoms with Crippen LogP contribution in [0.1, 0.15) is 35.0 Å². The number of rotatable bonds is 5.